The summed E-state index contributed by atoms with van der Waals surface area (Å²) in [5.41, 5.74) is 2.49. The van der Waals surface area contributed by atoms with Gasteiger partial charge in [0.15, 0.2) is 0 Å². The quantitative estimate of drug-likeness (QED) is 0.381. The smallest absolute Gasteiger partial charge is 0.294 e. The molecule has 2 N–H and O–H groups in total. The molecule has 4 aromatic heterocycles. The van der Waals surface area contributed by atoms with Crippen LogP contribution in [0.5, 0.6) is 0 Å². The zero-order valence-electron chi connectivity index (χ0n) is 20.2. The van der Waals surface area contributed by atoms with Gasteiger partial charge in [0.2, 0.25) is 11.2 Å². The van der Waals surface area contributed by atoms with Crippen molar-refractivity contribution < 1.29 is 8.83 Å². The number of fused-ring (bicyclic) bond motifs is 6. The van der Waals surface area contributed by atoms with Gasteiger partial charge in [-0.15, -0.1) is 0 Å². The number of nitrogens with zero attached hydrogens (tertiary/aromatic N) is 4. The molecular formula is C27H24N6O4. The topological polar surface area (TPSA) is 124 Å². The third kappa shape index (κ3) is 3.73. The van der Waals surface area contributed by atoms with Gasteiger partial charge in [0, 0.05) is 36.4 Å². The molecule has 186 valence electrons. The van der Waals surface area contributed by atoms with Crippen LogP contribution in [0.25, 0.3) is 44.1 Å². The van der Waals surface area contributed by atoms with E-state index in [1.54, 1.807) is 0 Å². The second kappa shape index (κ2) is 8.39. The molecular weight excluding hydrogens is 472 g/mol. The Balaban J connectivity index is 1.09. The molecule has 37 heavy (non-hydrogen) atoms. The third-order valence-electron chi connectivity index (χ3n) is 7.14. The van der Waals surface area contributed by atoms with Crippen molar-refractivity contribution in [2.45, 2.75) is 26.1 Å². The Morgan fingerprint density at radius 3 is 1.92 bits per heavy atom. The summed E-state index contributed by atoms with van der Waals surface area (Å²) in [5.74, 6) is 1.24. The Hall–Kier alpha value is -4.28. The number of aromatic nitrogens is 4. The lowest BCUT2D eigenvalue weighted by Crippen LogP contribution is -2.51. The SMILES string of the molecule is CC1CN(Cc2nc3c(oc4ccccc43)c(=O)[nH]2)CCN1Cc1nc2c(oc3ccccc32)c(=O)[nH]1. The van der Waals surface area contributed by atoms with Crippen LogP contribution in [-0.2, 0) is 13.1 Å². The molecule has 0 spiro atoms. The molecule has 5 heterocycles. The first-order valence-corrected chi connectivity index (χ1v) is 12.3. The lowest BCUT2D eigenvalue weighted by Gasteiger charge is -2.39. The predicted molar refractivity (Wildman–Crippen MR) is 139 cm³/mol. The van der Waals surface area contributed by atoms with Gasteiger partial charge in [-0.25, -0.2) is 9.97 Å². The van der Waals surface area contributed by atoms with E-state index in [9.17, 15) is 9.59 Å². The molecule has 0 bridgehead atoms. The normalized spacial score (nSPS) is 17.5. The lowest BCUT2D eigenvalue weighted by atomic mass is 10.2. The van der Waals surface area contributed by atoms with Crippen molar-refractivity contribution in [1.82, 2.24) is 29.7 Å². The maximum absolute atomic E-state index is 12.7. The van der Waals surface area contributed by atoms with Crippen LogP contribution in [-0.4, -0.2) is 55.4 Å². The zero-order valence-corrected chi connectivity index (χ0v) is 20.2. The Bertz CT molecular complexity index is 1920. The minimum Gasteiger partial charge on any atom is -0.449 e. The second-order valence-electron chi connectivity index (χ2n) is 9.63. The number of H-pyrrole nitrogens is 2. The van der Waals surface area contributed by atoms with E-state index in [2.05, 4.69) is 26.7 Å². The number of hydrogen-bond acceptors (Lipinski definition) is 8. The van der Waals surface area contributed by atoms with Gasteiger partial charge in [0.25, 0.3) is 11.1 Å². The molecule has 1 fully saturated rings. The van der Waals surface area contributed by atoms with Crippen LogP contribution in [0.3, 0.4) is 0 Å². The number of aromatic amines is 2. The Morgan fingerprint density at radius 2 is 1.35 bits per heavy atom. The maximum atomic E-state index is 12.7. The van der Waals surface area contributed by atoms with E-state index in [1.807, 2.05) is 48.5 Å². The molecule has 1 saturated heterocycles. The summed E-state index contributed by atoms with van der Waals surface area (Å²) in [6.45, 7) is 5.58. The largest absolute Gasteiger partial charge is 0.449 e. The highest BCUT2D eigenvalue weighted by molar-refractivity contribution is 6.02. The molecule has 1 aliphatic heterocycles. The van der Waals surface area contributed by atoms with Crippen molar-refractivity contribution in [1.29, 1.82) is 0 Å². The van der Waals surface area contributed by atoms with Crippen LogP contribution in [0.2, 0.25) is 0 Å². The minimum atomic E-state index is -0.264. The van der Waals surface area contributed by atoms with Crippen LogP contribution in [0.1, 0.15) is 18.6 Å². The molecule has 0 saturated carbocycles. The highest BCUT2D eigenvalue weighted by atomic mass is 16.3. The summed E-state index contributed by atoms with van der Waals surface area (Å²) in [6.07, 6.45) is 0. The highest BCUT2D eigenvalue weighted by Gasteiger charge is 2.26. The fourth-order valence-electron chi connectivity index (χ4n) is 5.30. The number of furan rings is 2. The molecule has 0 aliphatic carbocycles. The van der Waals surface area contributed by atoms with E-state index < -0.39 is 0 Å². The molecule has 1 aliphatic rings. The van der Waals surface area contributed by atoms with Crippen LogP contribution < -0.4 is 11.1 Å². The van der Waals surface area contributed by atoms with Gasteiger partial charge in [-0.3, -0.25) is 19.4 Å². The van der Waals surface area contributed by atoms with Crippen LogP contribution in [0.4, 0.5) is 0 Å². The summed E-state index contributed by atoms with van der Waals surface area (Å²) in [5, 5.41) is 1.68. The van der Waals surface area contributed by atoms with E-state index in [1.165, 1.54) is 0 Å². The van der Waals surface area contributed by atoms with Crippen molar-refractivity contribution in [2.24, 2.45) is 0 Å². The summed E-state index contributed by atoms with van der Waals surface area (Å²) >= 11 is 0. The van der Waals surface area contributed by atoms with Gasteiger partial charge in [0.05, 0.1) is 13.1 Å². The first kappa shape index (κ1) is 22.0. The molecule has 0 amide bonds. The number of nitrogens with one attached hydrogen (secondary N) is 2. The van der Waals surface area contributed by atoms with E-state index in [0.717, 1.165) is 30.4 Å². The number of piperazine rings is 1. The summed E-state index contributed by atoms with van der Waals surface area (Å²) in [7, 11) is 0. The van der Waals surface area contributed by atoms with Crippen molar-refractivity contribution in [3.05, 3.63) is 80.9 Å². The van der Waals surface area contributed by atoms with Gasteiger partial charge < -0.3 is 18.8 Å². The first-order valence-electron chi connectivity index (χ1n) is 12.3. The minimum absolute atomic E-state index is 0.209. The second-order valence-corrected chi connectivity index (χ2v) is 9.63. The van der Waals surface area contributed by atoms with E-state index in [-0.39, 0.29) is 28.3 Å². The molecule has 1 unspecified atom stereocenters. The van der Waals surface area contributed by atoms with Crippen molar-refractivity contribution in [2.75, 3.05) is 19.6 Å². The standard InChI is InChI=1S/C27H24N6O4/c1-15-12-32(13-20-28-22-16-6-2-4-8-18(16)36-24(22)26(34)30-20)10-11-33(15)14-21-29-23-17-7-3-5-9-19(17)37-25(23)27(35)31-21/h2-9,15H,10-14H2,1H3,(H,28,30,34)(H,29,31,35). The van der Waals surface area contributed by atoms with E-state index in [4.69, 9.17) is 18.8 Å². The van der Waals surface area contributed by atoms with Gasteiger partial charge in [-0.1, -0.05) is 24.3 Å². The number of hydrogen-bond donors (Lipinski definition) is 2. The average molecular weight is 497 g/mol. The first-order chi connectivity index (χ1) is 18.0. The molecule has 0 radical (unpaired) electrons. The van der Waals surface area contributed by atoms with Crippen LogP contribution in [0, 0.1) is 0 Å². The van der Waals surface area contributed by atoms with Crippen molar-refractivity contribution in [3.8, 4) is 0 Å². The number of rotatable bonds is 4. The molecule has 10 nitrogen and oxygen atoms in total. The van der Waals surface area contributed by atoms with E-state index in [0.29, 0.717) is 46.9 Å². The van der Waals surface area contributed by atoms with Crippen LogP contribution in [0.15, 0.2) is 67.0 Å². The highest BCUT2D eigenvalue weighted by Crippen LogP contribution is 2.26. The maximum Gasteiger partial charge on any atom is 0.294 e. The van der Waals surface area contributed by atoms with Crippen molar-refractivity contribution in [3.63, 3.8) is 0 Å². The molecule has 10 heteroatoms. The number of benzene rings is 2. The molecule has 6 aromatic rings. The molecule has 2 aromatic carbocycles. The van der Waals surface area contributed by atoms with Gasteiger partial charge in [-0.2, -0.15) is 0 Å². The van der Waals surface area contributed by atoms with Gasteiger partial charge in [0.1, 0.15) is 33.8 Å². The summed E-state index contributed by atoms with van der Waals surface area (Å²) < 4.78 is 11.4. The summed E-state index contributed by atoms with van der Waals surface area (Å²) in [6, 6.07) is 15.3. The zero-order chi connectivity index (χ0) is 25.1. The van der Waals surface area contributed by atoms with Gasteiger partial charge >= 0.3 is 0 Å². The fourth-order valence-corrected chi connectivity index (χ4v) is 5.30. The summed E-state index contributed by atoms with van der Waals surface area (Å²) in [4.78, 5) is 45.1. The Labute approximate surface area is 209 Å². The average Bonchev–Trinajstić information content (AvgIpc) is 3.45. The van der Waals surface area contributed by atoms with Gasteiger partial charge in [-0.05, 0) is 31.2 Å². The fraction of sp³-hybridized carbons (Fsp3) is 0.259. The number of para-hydroxylation sites is 2. The predicted octanol–water partition coefficient (Wildman–Crippen LogP) is 3.36. The molecule has 1 atom stereocenters. The van der Waals surface area contributed by atoms with Crippen LogP contribution >= 0.6 is 0 Å². The third-order valence-corrected chi connectivity index (χ3v) is 7.14. The monoisotopic (exact) mass is 496 g/mol. The van der Waals surface area contributed by atoms with E-state index >= 15 is 0 Å². The van der Waals surface area contributed by atoms with Crippen molar-refractivity contribution >= 4 is 44.1 Å². The Kier molecular flexibility index (Phi) is 4.98. The Morgan fingerprint density at radius 1 is 0.811 bits per heavy atom. The molecule has 7 rings (SSSR count). The lowest BCUT2D eigenvalue weighted by molar-refractivity contribution is 0.0698.